The van der Waals surface area contributed by atoms with Crippen LogP contribution in [0.3, 0.4) is 0 Å². The Balaban J connectivity index is 2.01. The first-order chi connectivity index (χ1) is 8.49. The van der Waals surface area contributed by atoms with Gasteiger partial charge in [0.05, 0.1) is 6.54 Å². The molecule has 1 aromatic carbocycles. The lowest BCUT2D eigenvalue weighted by Gasteiger charge is -2.36. The second-order valence-corrected chi connectivity index (χ2v) is 4.64. The van der Waals surface area contributed by atoms with E-state index in [4.69, 9.17) is 5.11 Å². The van der Waals surface area contributed by atoms with Gasteiger partial charge < -0.3 is 5.11 Å². The lowest BCUT2D eigenvalue weighted by molar-refractivity contribution is -0.167. The maximum Gasteiger partial charge on any atom is 0.312 e. The number of hydrogen-bond donors (Lipinski definition) is 1. The fourth-order valence-electron chi connectivity index (χ4n) is 2.29. The smallest absolute Gasteiger partial charge is 0.312 e. The second kappa shape index (κ2) is 5.02. The molecular weight excluding hydrogens is 240 g/mol. The fraction of sp³-hybridized carbons (Fsp3) is 0.462. The number of carboxylic acids is 1. The summed E-state index contributed by atoms with van der Waals surface area (Å²) in [6.45, 7) is 0.336. The van der Waals surface area contributed by atoms with Crippen molar-refractivity contribution in [2.45, 2.75) is 18.9 Å². The standard InChI is InChI=1S/C13H15F2NO2/c14-13(15)9-16(7-6-11(13)12(17)18)8-10-4-2-1-3-5-10/h1-5,11H,6-9H2,(H,17,18)/t11-/m0/s1. The van der Waals surface area contributed by atoms with Crippen LogP contribution in [0.1, 0.15) is 12.0 Å². The first-order valence-electron chi connectivity index (χ1n) is 5.86. The molecule has 3 nitrogen and oxygen atoms in total. The molecule has 1 heterocycles. The van der Waals surface area contributed by atoms with Gasteiger partial charge in [0.2, 0.25) is 0 Å². The van der Waals surface area contributed by atoms with Crippen LogP contribution in [0, 0.1) is 5.92 Å². The van der Waals surface area contributed by atoms with Gasteiger partial charge in [-0.05, 0) is 18.5 Å². The number of piperidine rings is 1. The highest BCUT2D eigenvalue weighted by atomic mass is 19.3. The summed E-state index contributed by atoms with van der Waals surface area (Å²) in [7, 11) is 0. The van der Waals surface area contributed by atoms with Crippen LogP contribution >= 0.6 is 0 Å². The number of halogens is 2. The number of nitrogens with zero attached hydrogens (tertiary/aromatic N) is 1. The molecule has 1 atom stereocenters. The third kappa shape index (κ3) is 2.85. The van der Waals surface area contributed by atoms with Gasteiger partial charge in [-0.1, -0.05) is 30.3 Å². The van der Waals surface area contributed by atoms with Crippen molar-refractivity contribution in [3.8, 4) is 0 Å². The topological polar surface area (TPSA) is 40.5 Å². The molecule has 0 spiro atoms. The fourth-order valence-corrected chi connectivity index (χ4v) is 2.29. The summed E-state index contributed by atoms with van der Waals surface area (Å²) in [5, 5.41) is 8.75. The SMILES string of the molecule is O=C(O)[C@@H]1CCN(Cc2ccccc2)CC1(F)F. The van der Waals surface area contributed by atoms with E-state index in [9.17, 15) is 13.6 Å². The van der Waals surface area contributed by atoms with E-state index >= 15 is 0 Å². The van der Waals surface area contributed by atoms with Gasteiger partial charge >= 0.3 is 5.97 Å². The van der Waals surface area contributed by atoms with Gasteiger partial charge in [-0.3, -0.25) is 9.69 Å². The van der Waals surface area contributed by atoms with E-state index < -0.39 is 24.4 Å². The zero-order valence-electron chi connectivity index (χ0n) is 9.85. The van der Waals surface area contributed by atoms with Crippen molar-refractivity contribution in [3.63, 3.8) is 0 Å². The summed E-state index contributed by atoms with van der Waals surface area (Å²) in [4.78, 5) is 12.3. The number of benzene rings is 1. The largest absolute Gasteiger partial charge is 0.481 e. The molecule has 0 aliphatic carbocycles. The number of rotatable bonds is 3. The number of hydrogen-bond acceptors (Lipinski definition) is 2. The maximum absolute atomic E-state index is 13.6. The van der Waals surface area contributed by atoms with Gasteiger partial charge in [-0.2, -0.15) is 0 Å². The number of carboxylic acid groups (broad SMARTS) is 1. The van der Waals surface area contributed by atoms with Crippen molar-refractivity contribution < 1.29 is 18.7 Å². The predicted molar refractivity (Wildman–Crippen MR) is 62.4 cm³/mol. The molecular formula is C13H15F2NO2. The molecule has 2 rings (SSSR count). The Morgan fingerprint density at radius 2 is 2.06 bits per heavy atom. The second-order valence-electron chi connectivity index (χ2n) is 4.64. The minimum absolute atomic E-state index is 0.00479. The van der Waals surface area contributed by atoms with E-state index in [-0.39, 0.29) is 6.42 Å². The van der Waals surface area contributed by atoms with E-state index in [0.29, 0.717) is 13.1 Å². The zero-order chi connectivity index (χ0) is 13.2. The van der Waals surface area contributed by atoms with Crippen LogP contribution in [0.25, 0.3) is 0 Å². The van der Waals surface area contributed by atoms with Crippen LogP contribution in [0.5, 0.6) is 0 Å². The highest BCUT2D eigenvalue weighted by Gasteiger charge is 2.48. The van der Waals surface area contributed by atoms with E-state index in [0.717, 1.165) is 5.56 Å². The third-order valence-corrected chi connectivity index (χ3v) is 3.23. The van der Waals surface area contributed by atoms with Gasteiger partial charge in [-0.15, -0.1) is 0 Å². The first-order valence-corrected chi connectivity index (χ1v) is 5.86. The third-order valence-electron chi connectivity index (χ3n) is 3.23. The Morgan fingerprint density at radius 3 is 2.61 bits per heavy atom. The monoisotopic (exact) mass is 255 g/mol. The minimum atomic E-state index is -3.15. The normalized spacial score (nSPS) is 23.8. The Morgan fingerprint density at radius 1 is 1.39 bits per heavy atom. The number of aliphatic carboxylic acids is 1. The molecule has 1 aliphatic heterocycles. The van der Waals surface area contributed by atoms with Gasteiger partial charge in [0.25, 0.3) is 5.92 Å². The van der Waals surface area contributed by atoms with E-state index in [1.54, 1.807) is 4.90 Å². The summed E-state index contributed by atoms with van der Waals surface area (Å²) >= 11 is 0. The van der Waals surface area contributed by atoms with Crippen molar-refractivity contribution in [1.82, 2.24) is 4.90 Å². The Bertz CT molecular complexity index is 422. The van der Waals surface area contributed by atoms with Crippen molar-refractivity contribution in [3.05, 3.63) is 35.9 Å². The van der Waals surface area contributed by atoms with Crippen LogP contribution in [0.4, 0.5) is 8.78 Å². The molecule has 18 heavy (non-hydrogen) atoms. The lowest BCUT2D eigenvalue weighted by Crippen LogP contribution is -2.50. The van der Waals surface area contributed by atoms with Crippen LogP contribution in [-0.2, 0) is 11.3 Å². The van der Waals surface area contributed by atoms with Crippen molar-refractivity contribution in [2.75, 3.05) is 13.1 Å². The molecule has 0 bridgehead atoms. The van der Waals surface area contributed by atoms with Crippen LogP contribution < -0.4 is 0 Å². The Hall–Kier alpha value is -1.49. The highest BCUT2D eigenvalue weighted by Crippen LogP contribution is 2.33. The Labute approximate surface area is 104 Å². The van der Waals surface area contributed by atoms with Crippen molar-refractivity contribution in [1.29, 1.82) is 0 Å². The number of carbonyl (C=O) groups is 1. The zero-order valence-corrected chi connectivity index (χ0v) is 9.85. The van der Waals surface area contributed by atoms with E-state index in [1.807, 2.05) is 30.3 Å². The van der Waals surface area contributed by atoms with Crippen molar-refractivity contribution >= 4 is 5.97 Å². The molecule has 0 saturated carbocycles. The van der Waals surface area contributed by atoms with Crippen LogP contribution in [0.2, 0.25) is 0 Å². The molecule has 1 fully saturated rings. The molecule has 0 aromatic heterocycles. The quantitative estimate of drug-likeness (QED) is 0.900. The summed E-state index contributed by atoms with van der Waals surface area (Å²) < 4.78 is 27.3. The summed E-state index contributed by atoms with van der Waals surface area (Å²) in [6, 6.07) is 9.34. The minimum Gasteiger partial charge on any atom is -0.481 e. The molecule has 5 heteroatoms. The average molecular weight is 255 g/mol. The molecule has 1 aliphatic rings. The summed E-state index contributed by atoms with van der Waals surface area (Å²) in [6.07, 6.45) is -0.00479. The highest BCUT2D eigenvalue weighted by molar-refractivity contribution is 5.71. The van der Waals surface area contributed by atoms with Gasteiger partial charge in [-0.25, -0.2) is 8.78 Å². The number of likely N-dealkylation sites (tertiary alicyclic amines) is 1. The maximum atomic E-state index is 13.6. The Kier molecular flexibility index (Phi) is 3.61. The first kappa shape index (κ1) is 13.0. The summed E-state index contributed by atoms with van der Waals surface area (Å²) in [5.74, 6) is -6.11. The van der Waals surface area contributed by atoms with E-state index in [2.05, 4.69) is 0 Å². The average Bonchev–Trinajstić information content (AvgIpc) is 2.28. The van der Waals surface area contributed by atoms with Gasteiger partial charge in [0.1, 0.15) is 5.92 Å². The molecule has 1 aromatic rings. The number of alkyl halides is 2. The van der Waals surface area contributed by atoms with E-state index in [1.165, 1.54) is 0 Å². The predicted octanol–water partition coefficient (Wildman–Crippen LogP) is 2.23. The molecule has 1 saturated heterocycles. The van der Waals surface area contributed by atoms with Gasteiger partial charge in [0, 0.05) is 6.54 Å². The van der Waals surface area contributed by atoms with Crippen LogP contribution in [0.15, 0.2) is 30.3 Å². The lowest BCUT2D eigenvalue weighted by atomic mass is 9.92. The molecule has 98 valence electrons. The van der Waals surface area contributed by atoms with Crippen molar-refractivity contribution in [2.24, 2.45) is 5.92 Å². The molecule has 0 amide bonds. The summed E-state index contributed by atoms with van der Waals surface area (Å²) in [5.41, 5.74) is 0.960. The van der Waals surface area contributed by atoms with Gasteiger partial charge in [0.15, 0.2) is 0 Å². The molecule has 0 radical (unpaired) electrons. The van der Waals surface area contributed by atoms with Crippen LogP contribution in [-0.4, -0.2) is 35.0 Å². The molecule has 1 N–H and O–H groups in total. The molecule has 0 unspecified atom stereocenters.